The Balaban J connectivity index is 1.07. The van der Waals surface area contributed by atoms with Crippen molar-refractivity contribution in [2.24, 2.45) is 22.9 Å². The van der Waals surface area contributed by atoms with Gasteiger partial charge < -0.3 is 53.2 Å². The number of carbonyl (C=O) groups excluding carboxylic acids is 12. The summed E-state index contributed by atoms with van der Waals surface area (Å²) in [6.45, 7) is -4.84. The molecule has 0 bridgehead atoms. The van der Waals surface area contributed by atoms with E-state index >= 15 is 0 Å². The van der Waals surface area contributed by atoms with E-state index in [0.29, 0.717) is 35.1 Å². The molecule has 2 aliphatic rings. The maximum absolute atomic E-state index is 14.3. The SMILES string of the molecule is NC(=O)[C@H](CO)NC(=O)[C@H](Cc1ccc(O)cc1)NC(=O)CNC(=O)[C@@H]1CCCN1C(=O)[C@H](CO)NC(=O)[C@@H](N)[C@H]([Se][Se][C@H](c1ccccc1)[C@H](N)C(=O)N[C@@H](CO)C(=O)N1CCC[C@H]1C(=O)NCC(=O)N[C@@H](Cc1ccc(O)cc1)C(=O)N[C@@H](CO)C(N)=O)c1ccccc1. The van der Waals surface area contributed by atoms with E-state index in [1.807, 2.05) is 0 Å². The summed E-state index contributed by atoms with van der Waals surface area (Å²) in [5.41, 5.74) is 26.3. The molecule has 22 N–H and O–H groups in total. The maximum atomic E-state index is 14.3. The van der Waals surface area contributed by atoms with Gasteiger partial charge in [-0.25, -0.2) is 0 Å². The number of primary amides is 2. The van der Waals surface area contributed by atoms with Crippen molar-refractivity contribution in [2.75, 3.05) is 52.6 Å². The van der Waals surface area contributed by atoms with E-state index in [4.69, 9.17) is 22.9 Å². The summed E-state index contributed by atoms with van der Waals surface area (Å²) >= 11 is -1.33. The molecule has 2 saturated heterocycles. The van der Waals surface area contributed by atoms with Crippen LogP contribution in [0.15, 0.2) is 109 Å². The molecule has 4 aromatic carbocycles. The van der Waals surface area contributed by atoms with E-state index < -0.39 is 207 Å². The van der Waals surface area contributed by atoms with Crippen molar-refractivity contribution in [2.45, 2.75) is 109 Å². The second-order valence-electron chi connectivity index (χ2n) is 22.5. The van der Waals surface area contributed by atoms with Gasteiger partial charge in [-0.3, -0.25) is 28.8 Å². The summed E-state index contributed by atoms with van der Waals surface area (Å²) in [6.07, 6.45) is 0.593. The zero-order chi connectivity index (χ0) is 70.2. The monoisotopic (exact) mass is 1470 g/mol. The number of aromatic hydroxyl groups is 2. The van der Waals surface area contributed by atoms with Crippen LogP contribution in [0.25, 0.3) is 0 Å². The van der Waals surface area contributed by atoms with Crippen molar-refractivity contribution < 1.29 is 88.2 Å². The second kappa shape index (κ2) is 37.3. The molecule has 0 aliphatic carbocycles. The molecule has 0 spiro atoms. The molecule has 518 valence electrons. The van der Waals surface area contributed by atoms with E-state index in [-0.39, 0.29) is 50.3 Å². The molecular weight excluding hydrogens is 1390 g/mol. The number of aliphatic hydroxyl groups is 4. The van der Waals surface area contributed by atoms with Crippen molar-refractivity contribution in [3.05, 3.63) is 131 Å². The van der Waals surface area contributed by atoms with Crippen LogP contribution in [0.2, 0.25) is 0 Å². The number of phenolic OH excluding ortho intramolecular Hbond substituents is 2. The zero-order valence-corrected chi connectivity index (χ0v) is 55.2. The molecule has 2 fully saturated rings. The molecule has 0 radical (unpaired) electrons. The number of nitrogens with zero attached hydrogens (tertiary/aromatic N) is 2. The fraction of sp³-hybridized carbons (Fsp3) is 0.419. The Morgan fingerprint density at radius 3 is 1.07 bits per heavy atom. The van der Waals surface area contributed by atoms with E-state index in [9.17, 15) is 88.2 Å². The van der Waals surface area contributed by atoms with Crippen LogP contribution in [0.3, 0.4) is 0 Å². The molecule has 6 rings (SSSR count). The Morgan fingerprint density at radius 1 is 0.438 bits per heavy atom. The van der Waals surface area contributed by atoms with Gasteiger partial charge in [0.25, 0.3) is 0 Å². The summed E-state index contributed by atoms with van der Waals surface area (Å²) in [6, 6.07) is 14.7. The number of nitrogens with one attached hydrogen (secondary N) is 8. The summed E-state index contributed by atoms with van der Waals surface area (Å²) in [5, 5.41) is 79.2. The third-order valence-electron chi connectivity index (χ3n) is 15.6. The van der Waals surface area contributed by atoms with Crippen LogP contribution in [0.1, 0.15) is 57.6 Å². The first-order chi connectivity index (χ1) is 45.9. The molecule has 0 saturated carbocycles. The number of nitrogens with two attached hydrogens (primary N) is 4. The van der Waals surface area contributed by atoms with Crippen molar-refractivity contribution in [3.63, 3.8) is 0 Å². The van der Waals surface area contributed by atoms with Crippen molar-refractivity contribution in [3.8, 4) is 11.5 Å². The summed E-state index contributed by atoms with van der Waals surface area (Å²) in [4.78, 5) is 162. The Labute approximate surface area is 562 Å². The summed E-state index contributed by atoms with van der Waals surface area (Å²) in [7, 11) is 0. The van der Waals surface area contributed by atoms with Crippen LogP contribution in [-0.4, -0.2) is 251 Å². The van der Waals surface area contributed by atoms with Crippen LogP contribution in [0.4, 0.5) is 0 Å². The van der Waals surface area contributed by atoms with E-state index in [0.717, 1.165) is 9.80 Å². The van der Waals surface area contributed by atoms with Crippen LogP contribution < -0.4 is 65.5 Å². The molecule has 2 heterocycles. The normalized spacial score (nSPS) is 17.4. The van der Waals surface area contributed by atoms with Gasteiger partial charge in [0.05, 0.1) is 13.2 Å². The number of amides is 12. The van der Waals surface area contributed by atoms with Gasteiger partial charge >= 0.3 is 338 Å². The molecule has 4 aromatic rings. The third kappa shape index (κ3) is 21.7. The molecule has 0 aromatic heterocycles. The Bertz CT molecular complexity index is 3150. The van der Waals surface area contributed by atoms with Crippen LogP contribution in [0.5, 0.6) is 11.5 Å². The van der Waals surface area contributed by atoms with Gasteiger partial charge in [-0.15, -0.1) is 0 Å². The molecule has 96 heavy (non-hydrogen) atoms. The fourth-order valence-corrected chi connectivity index (χ4v) is 20.7. The van der Waals surface area contributed by atoms with Crippen LogP contribution in [0, 0.1) is 0 Å². The average molecular weight is 1470 g/mol. The van der Waals surface area contributed by atoms with Crippen LogP contribution >= 0.6 is 0 Å². The number of benzene rings is 4. The van der Waals surface area contributed by atoms with Gasteiger partial charge in [0.1, 0.15) is 35.7 Å². The fourth-order valence-electron chi connectivity index (χ4n) is 10.4. The molecule has 0 unspecified atom stereocenters. The molecule has 12 atom stereocenters. The number of carbonyl (C=O) groups is 12. The Morgan fingerprint density at radius 2 is 0.760 bits per heavy atom. The van der Waals surface area contributed by atoms with Crippen molar-refractivity contribution in [1.29, 1.82) is 0 Å². The Hall–Kier alpha value is -9.08. The summed E-state index contributed by atoms with van der Waals surface area (Å²) < 4.78 is 0. The van der Waals surface area contributed by atoms with Gasteiger partial charge in [-0.1, -0.05) is 24.3 Å². The van der Waals surface area contributed by atoms with Gasteiger partial charge in [-0.05, 0) is 35.4 Å². The second-order valence-corrected chi connectivity index (χ2v) is 29.6. The first-order valence-corrected chi connectivity index (χ1v) is 36.7. The Kier molecular flexibility index (Phi) is 29.5. The van der Waals surface area contributed by atoms with Gasteiger partial charge in [0.15, 0.2) is 0 Å². The van der Waals surface area contributed by atoms with Crippen molar-refractivity contribution >= 4 is 97.1 Å². The summed E-state index contributed by atoms with van der Waals surface area (Å²) in [5.74, 6) is -10.7. The molecule has 12 amide bonds. The minimum absolute atomic E-state index is 0.0227. The minimum atomic E-state index is -1.60. The zero-order valence-electron chi connectivity index (χ0n) is 51.8. The number of hydrogen-bond acceptors (Lipinski definition) is 20. The first-order valence-electron chi connectivity index (χ1n) is 30.4. The topological polar surface area (TPSA) is 533 Å². The van der Waals surface area contributed by atoms with Crippen LogP contribution in [-0.2, 0) is 70.4 Å². The van der Waals surface area contributed by atoms with Gasteiger partial charge in [-0.2, -0.15) is 0 Å². The predicted octanol–water partition coefficient (Wildman–Crippen LogP) is -7.59. The van der Waals surface area contributed by atoms with Gasteiger partial charge in [0, 0.05) is 12.8 Å². The van der Waals surface area contributed by atoms with E-state index in [1.54, 1.807) is 60.7 Å². The number of hydrogen-bond donors (Lipinski definition) is 18. The molecular formula is C62H80N14O18Se2. The predicted molar refractivity (Wildman–Crippen MR) is 343 cm³/mol. The molecule has 34 heteroatoms. The van der Waals surface area contributed by atoms with E-state index in [2.05, 4.69) is 42.5 Å². The standard InChI is InChI=1S/C62H80N14O18Se2/c63-49(59(91)73-43(31-79)61(93)75-23-7-13-45(75)57(89)67-27-47(83)69-39(25-33-15-19-37(81)20-16-33)55(87)71-41(29-77)53(65)85)51(35-9-3-1-4-10-35)95-96-52(36-11-5-2-6-12-36)50(64)60(92)74-44(32-80)62(94)76-24-8-14-46(76)58(90)68-28-48(84)70-40(26-34-17-21-38(82)22-18-34)56(88)72-42(30-78)54(66)86/h1-6,9-12,15-22,39-46,49-52,77-82H,7-8,13-14,23-32,63-64H2,(H2,65,85)(H2,66,86)(H,67,89)(H,68,90)(H,69,83)(H,70,84)(H,71,87)(H,72,88)(H,73,91)(H,74,92)/t39-,40-,41-,42-,43-,44-,45-,46-,49-,50-,51+,52+/m0/s1. The quantitative estimate of drug-likeness (QED) is 0.0190. The third-order valence-corrected chi connectivity index (χ3v) is 24.8. The van der Waals surface area contributed by atoms with Gasteiger partial charge in [0.2, 0.25) is 23.6 Å². The number of phenols is 2. The number of likely N-dealkylation sites (tertiary alicyclic amines) is 2. The first kappa shape index (κ1) is 75.9. The number of aliphatic hydroxyl groups excluding tert-OH is 4. The van der Waals surface area contributed by atoms with E-state index in [1.165, 1.54) is 48.5 Å². The van der Waals surface area contributed by atoms with Crippen molar-refractivity contribution in [1.82, 2.24) is 52.3 Å². The molecule has 32 nitrogen and oxygen atoms in total. The molecule has 2 aliphatic heterocycles. The number of rotatable bonds is 35. The average Bonchev–Trinajstić information content (AvgIpc) is 1.42.